The maximum Gasteiger partial charge on any atom is 0.247 e. The number of nitrogens with one attached hydrogen (secondary N) is 1. The Hall–Kier alpha value is -2.47. The first-order valence-corrected chi connectivity index (χ1v) is 7.20. The second kappa shape index (κ2) is 7.51. The Balaban J connectivity index is 0.000000847. The minimum absolute atomic E-state index is 0.177. The van der Waals surface area contributed by atoms with Crippen molar-refractivity contribution in [3.05, 3.63) is 63.6 Å². The van der Waals surface area contributed by atoms with Crippen LogP contribution >= 0.6 is 11.6 Å². The molecule has 0 amide bonds. The molecule has 7 heteroatoms. The molecule has 3 rings (SSSR count). The molecule has 6 nitrogen and oxygen atoms in total. The van der Waals surface area contributed by atoms with Crippen LogP contribution in [0.4, 0.5) is 0 Å². The fourth-order valence-electron chi connectivity index (χ4n) is 1.72. The van der Waals surface area contributed by atoms with Gasteiger partial charge in [-0.25, -0.2) is 4.98 Å². The van der Waals surface area contributed by atoms with Crippen molar-refractivity contribution in [2.75, 3.05) is 0 Å². The van der Waals surface area contributed by atoms with Gasteiger partial charge in [0.2, 0.25) is 17.3 Å². The zero-order valence-electron chi connectivity index (χ0n) is 12.2. The molecule has 0 spiro atoms. The zero-order chi connectivity index (χ0) is 15.9. The summed E-state index contributed by atoms with van der Waals surface area (Å²) < 4.78 is 5.18. The molecule has 0 unspecified atom stereocenters. The standard InChI is InChI=1S/C13H9ClN4O2.C2H6/c14-10-5-8(3-4-15-10)6-12-17-13(18-20-12)9-1-2-11(19)16-7-9;1-2/h1-5,7H,6H2,(H,16,19);1-2H3. The summed E-state index contributed by atoms with van der Waals surface area (Å²) >= 11 is 5.82. The van der Waals surface area contributed by atoms with Crippen molar-refractivity contribution < 1.29 is 4.52 Å². The highest BCUT2D eigenvalue weighted by molar-refractivity contribution is 6.29. The maximum absolute atomic E-state index is 11.0. The quantitative estimate of drug-likeness (QED) is 0.750. The SMILES string of the molecule is CC.O=c1ccc(-c2noc(Cc3ccnc(Cl)c3)n2)c[nH]1. The molecule has 3 aromatic heterocycles. The van der Waals surface area contributed by atoms with Crippen LogP contribution in [0.1, 0.15) is 25.3 Å². The Morgan fingerprint density at radius 3 is 2.77 bits per heavy atom. The van der Waals surface area contributed by atoms with Gasteiger partial charge in [-0.2, -0.15) is 4.98 Å². The van der Waals surface area contributed by atoms with Gasteiger partial charge < -0.3 is 9.51 Å². The van der Waals surface area contributed by atoms with Crippen LogP contribution in [-0.2, 0) is 6.42 Å². The molecule has 0 saturated carbocycles. The number of aromatic nitrogens is 4. The van der Waals surface area contributed by atoms with Crippen molar-refractivity contribution >= 4 is 11.6 Å². The van der Waals surface area contributed by atoms with Gasteiger partial charge in [-0.05, 0) is 23.8 Å². The fourth-order valence-corrected chi connectivity index (χ4v) is 1.92. The van der Waals surface area contributed by atoms with E-state index in [0.717, 1.165) is 5.56 Å². The summed E-state index contributed by atoms with van der Waals surface area (Å²) in [6.07, 6.45) is 3.63. The third-order valence-electron chi connectivity index (χ3n) is 2.66. The third-order valence-corrected chi connectivity index (χ3v) is 2.86. The van der Waals surface area contributed by atoms with E-state index in [4.69, 9.17) is 16.1 Å². The number of halogens is 1. The van der Waals surface area contributed by atoms with E-state index in [0.29, 0.717) is 28.9 Å². The predicted molar refractivity (Wildman–Crippen MR) is 83.8 cm³/mol. The Kier molecular flexibility index (Phi) is 5.43. The van der Waals surface area contributed by atoms with Crippen molar-refractivity contribution in [3.8, 4) is 11.4 Å². The molecule has 114 valence electrons. The van der Waals surface area contributed by atoms with E-state index in [1.165, 1.54) is 6.07 Å². The third kappa shape index (κ3) is 4.02. The average Bonchev–Trinajstić information content (AvgIpc) is 2.98. The van der Waals surface area contributed by atoms with Gasteiger partial charge in [-0.1, -0.05) is 30.6 Å². The first kappa shape index (κ1) is 15.9. The first-order valence-electron chi connectivity index (χ1n) is 6.83. The Labute approximate surface area is 132 Å². The molecule has 1 N–H and O–H groups in total. The highest BCUT2D eigenvalue weighted by Gasteiger charge is 2.09. The van der Waals surface area contributed by atoms with Crippen LogP contribution in [-0.4, -0.2) is 20.1 Å². The van der Waals surface area contributed by atoms with E-state index in [1.807, 2.05) is 19.9 Å². The molecule has 3 aromatic rings. The summed E-state index contributed by atoms with van der Waals surface area (Å²) in [6.45, 7) is 4.00. The molecule has 22 heavy (non-hydrogen) atoms. The largest absolute Gasteiger partial charge is 0.339 e. The molecular formula is C15H15ClN4O2. The molecule has 3 heterocycles. The lowest BCUT2D eigenvalue weighted by Crippen LogP contribution is -2.01. The lowest BCUT2D eigenvalue weighted by atomic mass is 10.2. The number of hydrogen-bond acceptors (Lipinski definition) is 5. The lowest BCUT2D eigenvalue weighted by molar-refractivity contribution is 0.385. The smallest absolute Gasteiger partial charge is 0.247 e. The van der Waals surface area contributed by atoms with E-state index in [2.05, 4.69) is 20.1 Å². The number of H-pyrrole nitrogens is 1. The van der Waals surface area contributed by atoms with Crippen molar-refractivity contribution in [3.63, 3.8) is 0 Å². The Morgan fingerprint density at radius 2 is 2.09 bits per heavy atom. The topological polar surface area (TPSA) is 84.7 Å². The van der Waals surface area contributed by atoms with Crippen LogP contribution in [0.25, 0.3) is 11.4 Å². The molecule has 0 aliphatic rings. The molecule has 0 aliphatic carbocycles. The highest BCUT2D eigenvalue weighted by Crippen LogP contribution is 2.16. The second-order valence-corrected chi connectivity index (χ2v) is 4.50. The van der Waals surface area contributed by atoms with Crippen LogP contribution in [0.5, 0.6) is 0 Å². The normalized spacial score (nSPS) is 9.95. The van der Waals surface area contributed by atoms with Crippen molar-refractivity contribution in [1.82, 2.24) is 20.1 Å². The van der Waals surface area contributed by atoms with Crippen molar-refractivity contribution in [2.24, 2.45) is 0 Å². The van der Waals surface area contributed by atoms with Crippen LogP contribution in [0.3, 0.4) is 0 Å². The second-order valence-electron chi connectivity index (χ2n) is 4.12. The minimum atomic E-state index is -0.177. The predicted octanol–water partition coefficient (Wildman–Crippen LogP) is 3.09. The average molecular weight is 319 g/mol. The summed E-state index contributed by atoms with van der Waals surface area (Å²) in [5.74, 6) is 0.893. The van der Waals surface area contributed by atoms with Gasteiger partial charge >= 0.3 is 0 Å². The van der Waals surface area contributed by atoms with Gasteiger partial charge in [0, 0.05) is 24.0 Å². The Morgan fingerprint density at radius 1 is 1.27 bits per heavy atom. The number of aromatic amines is 1. The van der Waals surface area contributed by atoms with Gasteiger partial charge in [0.15, 0.2) is 0 Å². The monoisotopic (exact) mass is 318 g/mol. The molecule has 0 aliphatic heterocycles. The summed E-state index contributed by atoms with van der Waals surface area (Å²) in [5, 5.41) is 4.30. The Bertz CT molecular complexity index is 777. The summed E-state index contributed by atoms with van der Waals surface area (Å²) in [5.41, 5.74) is 1.44. The minimum Gasteiger partial charge on any atom is -0.339 e. The van der Waals surface area contributed by atoms with Crippen molar-refractivity contribution in [2.45, 2.75) is 20.3 Å². The molecule has 0 atom stereocenters. The van der Waals surface area contributed by atoms with E-state index in [1.54, 1.807) is 24.5 Å². The lowest BCUT2D eigenvalue weighted by Gasteiger charge is -1.96. The number of nitrogens with zero attached hydrogens (tertiary/aromatic N) is 3. The van der Waals surface area contributed by atoms with Gasteiger partial charge in [-0.3, -0.25) is 4.79 Å². The summed E-state index contributed by atoms with van der Waals surface area (Å²) in [7, 11) is 0. The number of hydrogen-bond donors (Lipinski definition) is 1. The highest BCUT2D eigenvalue weighted by atomic mass is 35.5. The molecule has 0 fully saturated rings. The van der Waals surface area contributed by atoms with Crippen LogP contribution in [0.15, 0.2) is 46.0 Å². The van der Waals surface area contributed by atoms with Crippen LogP contribution in [0.2, 0.25) is 5.15 Å². The summed E-state index contributed by atoms with van der Waals surface area (Å²) in [6, 6.07) is 6.62. The number of rotatable bonds is 3. The molecular weight excluding hydrogens is 304 g/mol. The van der Waals surface area contributed by atoms with E-state index < -0.39 is 0 Å². The molecule has 0 radical (unpaired) electrons. The van der Waals surface area contributed by atoms with E-state index >= 15 is 0 Å². The van der Waals surface area contributed by atoms with Gasteiger partial charge in [-0.15, -0.1) is 0 Å². The van der Waals surface area contributed by atoms with Gasteiger partial charge in [0.25, 0.3) is 0 Å². The number of pyridine rings is 2. The van der Waals surface area contributed by atoms with Crippen LogP contribution in [0, 0.1) is 0 Å². The zero-order valence-corrected chi connectivity index (χ0v) is 13.0. The maximum atomic E-state index is 11.0. The van der Waals surface area contributed by atoms with E-state index in [9.17, 15) is 4.79 Å². The molecule has 0 saturated heterocycles. The van der Waals surface area contributed by atoms with Crippen molar-refractivity contribution in [1.29, 1.82) is 0 Å². The molecule has 0 aromatic carbocycles. The molecule has 0 bridgehead atoms. The van der Waals surface area contributed by atoms with Gasteiger partial charge in [0.1, 0.15) is 5.15 Å². The van der Waals surface area contributed by atoms with E-state index in [-0.39, 0.29) is 5.56 Å². The summed E-state index contributed by atoms with van der Waals surface area (Å²) in [4.78, 5) is 21.7. The van der Waals surface area contributed by atoms with Gasteiger partial charge in [0.05, 0.1) is 6.42 Å². The first-order chi connectivity index (χ1) is 10.7. The fraction of sp³-hybridized carbons (Fsp3) is 0.200. The van der Waals surface area contributed by atoms with Crippen LogP contribution < -0.4 is 5.56 Å².